The van der Waals surface area contributed by atoms with Crippen LogP contribution >= 0.6 is 0 Å². The molecule has 44 heavy (non-hydrogen) atoms. The van der Waals surface area contributed by atoms with Gasteiger partial charge < -0.3 is 15.0 Å². The SMILES string of the molecule is CCOc1ccc(S(=O)(=O)N(CC(=O)N(Cc2ccc(F)cc2)[C@@H](Cc2ccccc2)C(=O)NC)c2ccc(F)cc2)cc1. The van der Waals surface area contributed by atoms with Crippen LogP contribution in [0.15, 0.2) is 108 Å². The second-order valence-electron chi connectivity index (χ2n) is 9.86. The molecule has 0 saturated carbocycles. The summed E-state index contributed by atoms with van der Waals surface area (Å²) >= 11 is 0. The second-order valence-corrected chi connectivity index (χ2v) is 11.7. The summed E-state index contributed by atoms with van der Waals surface area (Å²) in [5.41, 5.74) is 1.36. The normalized spacial score (nSPS) is 11.8. The van der Waals surface area contributed by atoms with E-state index in [1.807, 2.05) is 30.3 Å². The van der Waals surface area contributed by atoms with Crippen LogP contribution in [0.5, 0.6) is 5.75 Å². The van der Waals surface area contributed by atoms with Gasteiger partial charge in [-0.05, 0) is 78.7 Å². The number of carbonyl (C=O) groups is 2. The summed E-state index contributed by atoms with van der Waals surface area (Å²) < 4.78 is 61.9. The molecule has 0 heterocycles. The van der Waals surface area contributed by atoms with Crippen LogP contribution in [0.25, 0.3) is 0 Å². The lowest BCUT2D eigenvalue weighted by molar-refractivity contribution is -0.139. The lowest BCUT2D eigenvalue weighted by atomic mass is 10.0. The van der Waals surface area contributed by atoms with Crippen molar-refractivity contribution in [3.8, 4) is 5.75 Å². The Bertz CT molecular complexity index is 1650. The van der Waals surface area contributed by atoms with Crippen molar-refractivity contribution < 1.29 is 31.5 Å². The van der Waals surface area contributed by atoms with Gasteiger partial charge in [-0.2, -0.15) is 0 Å². The molecular formula is C33H33F2N3O5S. The van der Waals surface area contributed by atoms with Gasteiger partial charge in [-0.25, -0.2) is 17.2 Å². The number of nitrogens with zero attached hydrogens (tertiary/aromatic N) is 2. The maximum atomic E-state index is 14.2. The topological polar surface area (TPSA) is 96.0 Å². The van der Waals surface area contributed by atoms with Crippen molar-refractivity contribution in [1.29, 1.82) is 0 Å². The van der Waals surface area contributed by atoms with Crippen molar-refractivity contribution in [3.05, 3.63) is 126 Å². The molecule has 2 amide bonds. The molecule has 0 spiro atoms. The number of ether oxygens (including phenoxy) is 1. The number of halogens is 2. The highest BCUT2D eigenvalue weighted by Gasteiger charge is 2.34. The number of amides is 2. The van der Waals surface area contributed by atoms with E-state index in [0.29, 0.717) is 17.9 Å². The number of hydrogen-bond acceptors (Lipinski definition) is 5. The van der Waals surface area contributed by atoms with Crippen LogP contribution in [-0.2, 0) is 32.6 Å². The average Bonchev–Trinajstić information content (AvgIpc) is 3.03. The smallest absolute Gasteiger partial charge is 0.264 e. The van der Waals surface area contributed by atoms with Crippen LogP contribution < -0.4 is 14.4 Å². The summed E-state index contributed by atoms with van der Waals surface area (Å²) in [4.78, 5) is 28.6. The minimum atomic E-state index is -4.36. The average molecular weight is 622 g/mol. The van der Waals surface area contributed by atoms with Crippen LogP contribution in [0, 0.1) is 11.6 Å². The molecule has 0 aliphatic heterocycles. The van der Waals surface area contributed by atoms with E-state index in [1.165, 1.54) is 72.6 Å². The Morgan fingerprint density at radius 1 is 0.818 bits per heavy atom. The van der Waals surface area contributed by atoms with E-state index < -0.39 is 46.1 Å². The second kappa shape index (κ2) is 14.6. The fourth-order valence-electron chi connectivity index (χ4n) is 4.64. The number of sulfonamides is 1. The molecule has 0 aliphatic carbocycles. The van der Waals surface area contributed by atoms with Crippen molar-refractivity contribution in [2.75, 3.05) is 24.5 Å². The van der Waals surface area contributed by atoms with Gasteiger partial charge in [0.1, 0.15) is 30.0 Å². The molecule has 0 radical (unpaired) electrons. The van der Waals surface area contributed by atoms with Gasteiger partial charge in [0.05, 0.1) is 17.2 Å². The summed E-state index contributed by atoms with van der Waals surface area (Å²) in [5.74, 6) is -1.75. The molecule has 1 N–H and O–H groups in total. The number of benzene rings is 4. The molecule has 0 aliphatic rings. The molecule has 0 aromatic heterocycles. The highest BCUT2D eigenvalue weighted by Crippen LogP contribution is 2.27. The van der Waals surface area contributed by atoms with Gasteiger partial charge >= 0.3 is 0 Å². The van der Waals surface area contributed by atoms with E-state index in [4.69, 9.17) is 4.74 Å². The first kappa shape index (κ1) is 32.2. The van der Waals surface area contributed by atoms with Crippen LogP contribution in [-0.4, -0.2) is 51.4 Å². The monoisotopic (exact) mass is 621 g/mol. The Kier molecular flexibility index (Phi) is 10.7. The summed E-state index contributed by atoms with van der Waals surface area (Å²) in [5, 5.41) is 2.60. The molecule has 4 aromatic rings. The number of carbonyl (C=O) groups excluding carboxylic acids is 2. The van der Waals surface area contributed by atoms with E-state index in [9.17, 15) is 26.8 Å². The Labute approximate surface area is 255 Å². The van der Waals surface area contributed by atoms with Crippen molar-refractivity contribution >= 4 is 27.5 Å². The predicted octanol–water partition coefficient (Wildman–Crippen LogP) is 4.94. The first-order chi connectivity index (χ1) is 21.1. The fraction of sp³-hybridized carbons (Fsp3) is 0.212. The number of anilines is 1. The molecule has 0 bridgehead atoms. The summed E-state index contributed by atoms with van der Waals surface area (Å²) in [6.07, 6.45) is 0.135. The zero-order valence-electron chi connectivity index (χ0n) is 24.3. The van der Waals surface area contributed by atoms with Gasteiger partial charge in [0.15, 0.2) is 0 Å². The summed E-state index contributed by atoms with van der Waals surface area (Å²) in [7, 11) is -2.91. The van der Waals surface area contributed by atoms with Crippen molar-refractivity contribution in [2.24, 2.45) is 0 Å². The maximum Gasteiger partial charge on any atom is 0.264 e. The third-order valence-corrected chi connectivity index (χ3v) is 8.69. The van der Waals surface area contributed by atoms with Crippen molar-refractivity contribution in [3.63, 3.8) is 0 Å². The number of rotatable bonds is 13. The molecule has 4 rings (SSSR count). The van der Waals surface area contributed by atoms with Gasteiger partial charge in [0.2, 0.25) is 11.8 Å². The first-order valence-electron chi connectivity index (χ1n) is 13.9. The first-order valence-corrected chi connectivity index (χ1v) is 15.4. The van der Waals surface area contributed by atoms with Gasteiger partial charge in [-0.3, -0.25) is 13.9 Å². The third-order valence-electron chi connectivity index (χ3n) is 6.90. The Balaban J connectivity index is 1.76. The quantitative estimate of drug-likeness (QED) is 0.228. The van der Waals surface area contributed by atoms with Crippen molar-refractivity contribution in [2.45, 2.75) is 30.8 Å². The maximum absolute atomic E-state index is 14.2. The third kappa shape index (κ3) is 7.99. The lowest BCUT2D eigenvalue weighted by Crippen LogP contribution is -2.53. The number of nitrogens with one attached hydrogen (secondary N) is 1. The minimum absolute atomic E-state index is 0.0509. The van der Waals surface area contributed by atoms with Crippen LogP contribution in [0.2, 0.25) is 0 Å². The van der Waals surface area contributed by atoms with E-state index in [1.54, 1.807) is 6.92 Å². The molecule has 0 fully saturated rings. The zero-order valence-corrected chi connectivity index (χ0v) is 25.1. The van der Waals surface area contributed by atoms with Crippen LogP contribution in [0.1, 0.15) is 18.1 Å². The Morgan fingerprint density at radius 2 is 1.41 bits per heavy atom. The highest BCUT2D eigenvalue weighted by atomic mass is 32.2. The van der Waals surface area contributed by atoms with Gasteiger partial charge in [0, 0.05) is 20.0 Å². The van der Waals surface area contributed by atoms with Gasteiger partial charge in [-0.15, -0.1) is 0 Å². The molecule has 8 nitrogen and oxygen atoms in total. The fourth-order valence-corrected chi connectivity index (χ4v) is 6.06. The Morgan fingerprint density at radius 3 is 1.98 bits per heavy atom. The van der Waals surface area contributed by atoms with Gasteiger partial charge in [-0.1, -0.05) is 42.5 Å². The van der Waals surface area contributed by atoms with E-state index in [2.05, 4.69) is 5.32 Å². The molecule has 11 heteroatoms. The van der Waals surface area contributed by atoms with E-state index in [0.717, 1.165) is 22.0 Å². The molecule has 230 valence electrons. The largest absolute Gasteiger partial charge is 0.494 e. The molecule has 0 saturated heterocycles. The summed E-state index contributed by atoms with van der Waals surface area (Å²) in [6, 6.07) is 24.0. The minimum Gasteiger partial charge on any atom is -0.494 e. The Hall–Kier alpha value is -4.77. The van der Waals surface area contributed by atoms with Crippen molar-refractivity contribution in [1.82, 2.24) is 10.2 Å². The predicted molar refractivity (Wildman–Crippen MR) is 163 cm³/mol. The molecular weight excluding hydrogens is 588 g/mol. The number of hydrogen-bond donors (Lipinski definition) is 1. The van der Waals surface area contributed by atoms with Crippen LogP contribution in [0.3, 0.4) is 0 Å². The highest BCUT2D eigenvalue weighted by molar-refractivity contribution is 7.92. The standard InChI is InChI=1S/C33H33F2N3O5S/c1-3-43-29-17-19-30(20-18-29)44(41,42)38(28-15-13-27(35)14-16-28)23-32(39)37(22-25-9-11-26(34)12-10-25)31(33(40)36-2)21-24-7-5-4-6-8-24/h4-20,31H,3,21-23H2,1-2H3,(H,36,40)/t31-/m0/s1. The van der Waals surface area contributed by atoms with E-state index >= 15 is 0 Å². The van der Waals surface area contributed by atoms with Crippen LogP contribution in [0.4, 0.5) is 14.5 Å². The zero-order chi connectivity index (χ0) is 31.7. The molecule has 0 unspecified atom stereocenters. The summed E-state index contributed by atoms with van der Waals surface area (Å²) in [6.45, 7) is 1.38. The molecule has 4 aromatic carbocycles. The van der Waals surface area contributed by atoms with Gasteiger partial charge in [0.25, 0.3) is 10.0 Å². The molecule has 1 atom stereocenters. The van der Waals surface area contributed by atoms with E-state index in [-0.39, 0.29) is 23.5 Å². The lowest BCUT2D eigenvalue weighted by Gasteiger charge is -2.33. The number of likely N-dealkylation sites (N-methyl/N-ethyl adjacent to an activating group) is 1.